The first-order valence-corrected chi connectivity index (χ1v) is 7.78. The van der Waals surface area contributed by atoms with Gasteiger partial charge in [0.1, 0.15) is 0 Å². The minimum Gasteiger partial charge on any atom is -0.490 e. The standard InChI is InChI=1S/C17H22O3/c18-17(13-6-3-1-2-4-7-13)14-8-9-15-16(12-14)20-11-5-10-19-15/h8-9,12-13H,1-7,10-11H2. The molecule has 0 saturated heterocycles. The maximum atomic E-state index is 12.6. The summed E-state index contributed by atoms with van der Waals surface area (Å²) in [5, 5.41) is 0. The van der Waals surface area contributed by atoms with Gasteiger partial charge in [-0.25, -0.2) is 0 Å². The first kappa shape index (κ1) is 13.5. The Bertz CT molecular complexity index is 473. The van der Waals surface area contributed by atoms with E-state index < -0.39 is 0 Å². The van der Waals surface area contributed by atoms with Crippen LogP contribution >= 0.6 is 0 Å². The Morgan fingerprint density at radius 3 is 2.35 bits per heavy atom. The zero-order valence-electron chi connectivity index (χ0n) is 11.9. The molecule has 1 heterocycles. The highest BCUT2D eigenvalue weighted by atomic mass is 16.5. The molecule has 2 aliphatic rings. The molecule has 1 fully saturated rings. The summed E-state index contributed by atoms with van der Waals surface area (Å²) in [7, 11) is 0. The molecule has 0 radical (unpaired) electrons. The van der Waals surface area contributed by atoms with E-state index in [-0.39, 0.29) is 11.7 Å². The van der Waals surface area contributed by atoms with Crippen LogP contribution < -0.4 is 9.47 Å². The molecule has 3 heteroatoms. The summed E-state index contributed by atoms with van der Waals surface area (Å²) in [4.78, 5) is 12.6. The summed E-state index contributed by atoms with van der Waals surface area (Å²) >= 11 is 0. The van der Waals surface area contributed by atoms with Crippen molar-refractivity contribution >= 4 is 5.78 Å². The third kappa shape index (κ3) is 2.97. The number of benzene rings is 1. The van der Waals surface area contributed by atoms with E-state index in [2.05, 4.69) is 0 Å². The SMILES string of the molecule is O=C(c1ccc2c(c1)OCCCO2)C1CCCCCC1. The van der Waals surface area contributed by atoms with Crippen molar-refractivity contribution in [2.24, 2.45) is 5.92 Å². The van der Waals surface area contributed by atoms with Crippen molar-refractivity contribution in [1.82, 2.24) is 0 Å². The van der Waals surface area contributed by atoms with Gasteiger partial charge in [-0.2, -0.15) is 0 Å². The topological polar surface area (TPSA) is 35.5 Å². The molecule has 0 atom stereocenters. The second-order valence-corrected chi connectivity index (χ2v) is 5.76. The molecule has 1 aliphatic heterocycles. The Kier molecular flexibility index (Phi) is 4.24. The zero-order chi connectivity index (χ0) is 13.8. The van der Waals surface area contributed by atoms with E-state index >= 15 is 0 Å². The number of fused-ring (bicyclic) bond motifs is 1. The lowest BCUT2D eigenvalue weighted by molar-refractivity contribution is 0.0907. The molecule has 1 aromatic carbocycles. The molecule has 0 aromatic heterocycles. The van der Waals surface area contributed by atoms with Crippen molar-refractivity contribution in [3.8, 4) is 11.5 Å². The summed E-state index contributed by atoms with van der Waals surface area (Å²) in [5.74, 6) is 1.96. The average molecular weight is 274 g/mol. The normalized spacial score (nSPS) is 20.0. The Hall–Kier alpha value is -1.51. The number of Topliss-reactive ketones (excluding diaryl/α,β-unsaturated/α-hetero) is 1. The molecule has 3 rings (SSSR count). The summed E-state index contributed by atoms with van der Waals surface area (Å²) in [5.41, 5.74) is 0.779. The smallest absolute Gasteiger partial charge is 0.166 e. The molecule has 1 aromatic rings. The number of ether oxygens (including phenoxy) is 2. The van der Waals surface area contributed by atoms with E-state index in [9.17, 15) is 4.79 Å². The summed E-state index contributed by atoms with van der Waals surface area (Å²) in [6.07, 6.45) is 7.86. The molecule has 3 nitrogen and oxygen atoms in total. The van der Waals surface area contributed by atoms with Crippen molar-refractivity contribution in [3.05, 3.63) is 23.8 Å². The van der Waals surface area contributed by atoms with Gasteiger partial charge in [-0.15, -0.1) is 0 Å². The van der Waals surface area contributed by atoms with Gasteiger partial charge in [-0.3, -0.25) is 4.79 Å². The first-order valence-electron chi connectivity index (χ1n) is 7.78. The van der Waals surface area contributed by atoms with Crippen LogP contribution in [0.3, 0.4) is 0 Å². The lowest BCUT2D eigenvalue weighted by Crippen LogP contribution is -2.14. The van der Waals surface area contributed by atoms with Crippen molar-refractivity contribution < 1.29 is 14.3 Å². The fourth-order valence-electron chi connectivity index (χ4n) is 3.09. The number of rotatable bonds is 2. The molecule has 0 amide bonds. The molecule has 1 aliphatic carbocycles. The number of carbonyl (C=O) groups is 1. The minimum absolute atomic E-state index is 0.197. The number of carbonyl (C=O) groups excluding carboxylic acids is 1. The lowest BCUT2D eigenvalue weighted by atomic mass is 9.91. The van der Waals surface area contributed by atoms with Gasteiger partial charge in [0.25, 0.3) is 0 Å². The number of hydrogen-bond donors (Lipinski definition) is 0. The van der Waals surface area contributed by atoms with E-state index in [4.69, 9.17) is 9.47 Å². The van der Waals surface area contributed by atoms with E-state index in [1.54, 1.807) is 0 Å². The number of ketones is 1. The highest BCUT2D eigenvalue weighted by molar-refractivity contribution is 5.98. The summed E-state index contributed by atoms with van der Waals surface area (Å²) in [6.45, 7) is 1.34. The van der Waals surface area contributed by atoms with Crippen molar-refractivity contribution in [2.75, 3.05) is 13.2 Å². The molecule has 108 valence electrons. The largest absolute Gasteiger partial charge is 0.490 e. The van der Waals surface area contributed by atoms with E-state index in [1.165, 1.54) is 25.7 Å². The van der Waals surface area contributed by atoms with Gasteiger partial charge >= 0.3 is 0 Å². The Morgan fingerprint density at radius 1 is 0.900 bits per heavy atom. The minimum atomic E-state index is 0.197. The molecule has 0 N–H and O–H groups in total. The zero-order valence-corrected chi connectivity index (χ0v) is 11.9. The van der Waals surface area contributed by atoms with Gasteiger partial charge in [0.05, 0.1) is 13.2 Å². The predicted octanol–water partition coefficient (Wildman–Crippen LogP) is 4.00. The average Bonchev–Trinajstić information content (AvgIpc) is 2.88. The third-order valence-corrected chi connectivity index (χ3v) is 4.26. The molecule has 1 saturated carbocycles. The van der Waals surface area contributed by atoms with Crippen LogP contribution in [0.1, 0.15) is 55.3 Å². The molecular weight excluding hydrogens is 252 g/mol. The van der Waals surface area contributed by atoms with Crippen molar-refractivity contribution in [3.63, 3.8) is 0 Å². The molecule has 0 unspecified atom stereocenters. The fourth-order valence-corrected chi connectivity index (χ4v) is 3.09. The van der Waals surface area contributed by atoms with Gasteiger partial charge in [0, 0.05) is 17.9 Å². The van der Waals surface area contributed by atoms with E-state index in [0.29, 0.717) is 13.2 Å². The van der Waals surface area contributed by atoms with Crippen molar-refractivity contribution in [1.29, 1.82) is 0 Å². The van der Waals surface area contributed by atoms with Crippen LogP contribution in [0.25, 0.3) is 0 Å². The van der Waals surface area contributed by atoms with Crippen LogP contribution in [0.4, 0.5) is 0 Å². The second kappa shape index (κ2) is 6.29. The monoisotopic (exact) mass is 274 g/mol. The lowest BCUT2D eigenvalue weighted by Gasteiger charge is -2.14. The highest BCUT2D eigenvalue weighted by Gasteiger charge is 2.23. The fraction of sp³-hybridized carbons (Fsp3) is 0.588. The highest BCUT2D eigenvalue weighted by Crippen LogP contribution is 2.33. The van der Waals surface area contributed by atoms with E-state index in [0.717, 1.165) is 36.3 Å². The molecular formula is C17H22O3. The maximum Gasteiger partial charge on any atom is 0.166 e. The van der Waals surface area contributed by atoms with Gasteiger partial charge < -0.3 is 9.47 Å². The van der Waals surface area contributed by atoms with Gasteiger partial charge in [0.2, 0.25) is 0 Å². The Balaban J connectivity index is 1.79. The molecule has 20 heavy (non-hydrogen) atoms. The molecule has 0 bridgehead atoms. The van der Waals surface area contributed by atoms with Crippen LogP contribution in [0, 0.1) is 5.92 Å². The van der Waals surface area contributed by atoms with Crippen LogP contribution in [-0.2, 0) is 0 Å². The van der Waals surface area contributed by atoms with Crippen LogP contribution in [0.5, 0.6) is 11.5 Å². The summed E-state index contributed by atoms with van der Waals surface area (Å²) in [6, 6.07) is 5.64. The van der Waals surface area contributed by atoms with Crippen LogP contribution in [0.15, 0.2) is 18.2 Å². The maximum absolute atomic E-state index is 12.6. The van der Waals surface area contributed by atoms with E-state index in [1.807, 2.05) is 18.2 Å². The molecule has 0 spiro atoms. The second-order valence-electron chi connectivity index (χ2n) is 5.76. The summed E-state index contributed by atoms with van der Waals surface area (Å²) < 4.78 is 11.3. The Labute approximate surface area is 120 Å². The van der Waals surface area contributed by atoms with Crippen molar-refractivity contribution in [2.45, 2.75) is 44.9 Å². The number of hydrogen-bond acceptors (Lipinski definition) is 3. The van der Waals surface area contributed by atoms with Crippen LogP contribution in [-0.4, -0.2) is 19.0 Å². The van der Waals surface area contributed by atoms with Crippen LogP contribution in [0.2, 0.25) is 0 Å². The first-order chi connectivity index (χ1) is 9.84. The van der Waals surface area contributed by atoms with Gasteiger partial charge in [0.15, 0.2) is 17.3 Å². The quantitative estimate of drug-likeness (QED) is 0.604. The Morgan fingerprint density at radius 2 is 1.60 bits per heavy atom. The third-order valence-electron chi connectivity index (χ3n) is 4.26. The van der Waals surface area contributed by atoms with Gasteiger partial charge in [-0.05, 0) is 31.0 Å². The predicted molar refractivity (Wildman–Crippen MR) is 77.6 cm³/mol. The van der Waals surface area contributed by atoms with Gasteiger partial charge in [-0.1, -0.05) is 25.7 Å².